The van der Waals surface area contributed by atoms with Crippen LogP contribution in [0.1, 0.15) is 76.7 Å². The quantitative estimate of drug-likeness (QED) is 0.0191. The number of rotatable bonds is 28. The molecule has 1 aliphatic rings. The highest BCUT2D eigenvalue weighted by molar-refractivity contribution is 7.86. The molecule has 0 bridgehead atoms. The second-order valence-electron chi connectivity index (χ2n) is 22.2. The van der Waals surface area contributed by atoms with Gasteiger partial charge in [-0.15, -0.1) is 0 Å². The Morgan fingerprint density at radius 2 is 1.23 bits per heavy atom. The summed E-state index contributed by atoms with van der Waals surface area (Å²) >= 11 is 0. The van der Waals surface area contributed by atoms with Gasteiger partial charge in [0.2, 0.25) is 41.4 Å². The standard InChI is InChI=1S/C61H76N12O14S/c1-34(2)52(63-30-29-62-46-14-9-13-45-44(46)12-10-16-50(45)88(85,86)87)59(82)69-58(81)49-15-11-31-73(49)61(84)37(6)65-56(79)48(33-51(75)76)66-54(77)36(5)64-60(83)53(35(3)4)68-57(80)47(32-38-17-27-43(74)28-18-38)67-55(78)39-19-21-40(22-20-39)70-71-41-23-25-42(26-24-41)72(7)8/h9-10,12-14,16-28,34-37,47-49,52-53,62-63,74H,11,15,29-33H2,1-8H3,(H,64,83)(H,65,79)(H,66,77)(H,67,78)(H,68,80)(H,75,76)(H,69,81,82)(H,85,86,87)/t36-,37-,47-,48-,49-,52-,53-/m0/s1. The van der Waals surface area contributed by atoms with E-state index in [0.717, 1.165) is 5.69 Å². The summed E-state index contributed by atoms with van der Waals surface area (Å²) in [5, 5.41) is 50.4. The second kappa shape index (κ2) is 30.8. The largest absolute Gasteiger partial charge is 0.508 e. The van der Waals surface area contributed by atoms with Gasteiger partial charge in [0, 0.05) is 67.9 Å². The lowest BCUT2D eigenvalue weighted by Crippen LogP contribution is -2.60. The summed E-state index contributed by atoms with van der Waals surface area (Å²) in [6.07, 6.45) is -0.469. The zero-order valence-electron chi connectivity index (χ0n) is 50.1. The maximum atomic E-state index is 14.1. The summed E-state index contributed by atoms with van der Waals surface area (Å²) in [5.41, 5.74) is 3.36. The fraction of sp³-hybridized carbons (Fsp3) is 0.393. The number of anilines is 2. The van der Waals surface area contributed by atoms with Crippen molar-refractivity contribution in [2.24, 2.45) is 22.1 Å². The van der Waals surface area contributed by atoms with Gasteiger partial charge in [0.1, 0.15) is 46.9 Å². The number of hydrogen-bond acceptors (Lipinski definition) is 17. The lowest BCUT2D eigenvalue weighted by Gasteiger charge is -2.29. The van der Waals surface area contributed by atoms with E-state index in [2.05, 4.69) is 52.8 Å². The summed E-state index contributed by atoms with van der Waals surface area (Å²) in [5.74, 6) is -8.93. The van der Waals surface area contributed by atoms with Crippen molar-refractivity contribution in [2.75, 3.05) is 43.9 Å². The normalized spacial score (nSPS) is 15.3. The number of nitrogens with zero attached hydrogens (tertiary/aromatic N) is 4. The second-order valence-corrected chi connectivity index (χ2v) is 23.6. The third-order valence-corrected chi connectivity index (χ3v) is 15.4. The molecular formula is C61H76N12O14S. The first-order valence-electron chi connectivity index (χ1n) is 28.5. The molecule has 1 aliphatic heterocycles. The van der Waals surface area contributed by atoms with E-state index in [4.69, 9.17) is 0 Å². The Bertz CT molecular complexity index is 3490. The zero-order chi connectivity index (χ0) is 64.6. The highest BCUT2D eigenvalue weighted by Crippen LogP contribution is 2.29. The van der Waals surface area contributed by atoms with Crippen LogP contribution in [0.2, 0.25) is 0 Å². The number of carbonyl (C=O) groups excluding carboxylic acids is 8. The highest BCUT2D eigenvalue weighted by atomic mass is 32.2. The van der Waals surface area contributed by atoms with Crippen LogP contribution in [0.3, 0.4) is 0 Å². The number of likely N-dealkylation sites (tertiary alicyclic amines) is 1. The lowest BCUT2D eigenvalue weighted by molar-refractivity contribution is -0.144. The first-order chi connectivity index (χ1) is 41.6. The van der Waals surface area contributed by atoms with E-state index in [9.17, 15) is 66.3 Å². The van der Waals surface area contributed by atoms with Gasteiger partial charge < -0.3 is 57.2 Å². The number of fused-ring (bicyclic) bond motifs is 1. The SMILES string of the molecule is CC(C)[C@H](NCCNc1cccc2c(S(=O)(=O)O)cccc12)C(=O)NC(=O)[C@@H]1CCCN1C(=O)[C@H](C)NC(=O)[C@H](CC(=O)O)NC(=O)[C@H](C)NC(=O)[C@@H](NC(=O)[C@H](Cc1ccc(O)cc1)NC(=O)c1ccc(N=Nc2ccc(N(C)C)cc2)cc1)C(C)C. The molecule has 0 aromatic heterocycles. The number of aliphatic carboxylic acids is 1. The topological polar surface area (TPSA) is 376 Å². The first kappa shape index (κ1) is 67.8. The number of phenols is 1. The van der Waals surface area contributed by atoms with Crippen LogP contribution < -0.4 is 47.4 Å². The number of amides is 8. The Balaban J connectivity index is 1.02. The van der Waals surface area contributed by atoms with Gasteiger partial charge in [-0.05, 0) is 117 Å². The van der Waals surface area contributed by atoms with E-state index >= 15 is 0 Å². The Kier molecular flexibility index (Phi) is 23.8. The lowest BCUT2D eigenvalue weighted by atomic mass is 10.00. The van der Waals surface area contributed by atoms with Crippen LogP contribution in [0.25, 0.3) is 10.8 Å². The summed E-state index contributed by atoms with van der Waals surface area (Å²) in [4.78, 5) is 125. The van der Waals surface area contributed by atoms with Crippen LogP contribution in [0.15, 0.2) is 124 Å². The summed E-state index contributed by atoms with van der Waals surface area (Å²) in [6.45, 7) is 9.92. The molecule has 6 rings (SSSR count). The van der Waals surface area contributed by atoms with Crippen molar-refractivity contribution in [1.82, 2.24) is 42.1 Å². The Morgan fingerprint density at radius 1 is 0.636 bits per heavy atom. The number of phenolic OH excluding ortho intramolecular Hbond substituents is 1. The Labute approximate surface area is 509 Å². The van der Waals surface area contributed by atoms with E-state index < -0.39 is 118 Å². The molecule has 7 atom stereocenters. The molecule has 470 valence electrons. The smallest absolute Gasteiger partial charge is 0.305 e. The average Bonchev–Trinajstić information content (AvgIpc) is 2.91. The maximum Gasteiger partial charge on any atom is 0.305 e. The van der Waals surface area contributed by atoms with Crippen molar-refractivity contribution in [2.45, 2.75) is 114 Å². The van der Waals surface area contributed by atoms with Crippen LogP contribution in [-0.4, -0.2) is 157 Å². The van der Waals surface area contributed by atoms with Crippen molar-refractivity contribution in [3.05, 3.63) is 120 Å². The van der Waals surface area contributed by atoms with E-state index in [-0.39, 0.29) is 54.6 Å². The maximum absolute atomic E-state index is 14.1. The van der Waals surface area contributed by atoms with Gasteiger partial charge >= 0.3 is 5.97 Å². The van der Waals surface area contributed by atoms with Crippen LogP contribution in [0.5, 0.6) is 5.75 Å². The Hall–Kier alpha value is -9.34. The van der Waals surface area contributed by atoms with Crippen LogP contribution >= 0.6 is 0 Å². The molecule has 11 N–H and O–H groups in total. The number of hydrogen-bond donors (Lipinski definition) is 11. The zero-order valence-corrected chi connectivity index (χ0v) is 50.9. The molecule has 88 heavy (non-hydrogen) atoms. The molecule has 0 radical (unpaired) electrons. The van der Waals surface area contributed by atoms with Gasteiger partial charge in [-0.3, -0.25) is 53.0 Å². The molecule has 26 nitrogen and oxygen atoms in total. The summed E-state index contributed by atoms with van der Waals surface area (Å²) < 4.78 is 33.6. The number of aromatic hydroxyl groups is 1. The third kappa shape index (κ3) is 18.8. The number of carboxylic acid groups (broad SMARTS) is 1. The summed E-state index contributed by atoms with van der Waals surface area (Å²) in [7, 11) is -0.648. The predicted molar refractivity (Wildman–Crippen MR) is 327 cm³/mol. The highest BCUT2D eigenvalue weighted by Gasteiger charge is 2.39. The van der Waals surface area contributed by atoms with E-state index in [1.807, 2.05) is 43.3 Å². The van der Waals surface area contributed by atoms with Gasteiger partial charge in [0.25, 0.3) is 16.0 Å². The number of imide groups is 1. The van der Waals surface area contributed by atoms with Crippen molar-refractivity contribution in [1.29, 1.82) is 0 Å². The van der Waals surface area contributed by atoms with Gasteiger partial charge in [-0.1, -0.05) is 64.1 Å². The average molecular weight is 1230 g/mol. The molecule has 0 spiro atoms. The number of benzene rings is 5. The van der Waals surface area contributed by atoms with E-state index in [1.165, 1.54) is 55.1 Å². The minimum atomic E-state index is -4.49. The van der Waals surface area contributed by atoms with Gasteiger partial charge in [-0.2, -0.15) is 18.6 Å². The molecule has 5 aromatic rings. The number of carboxylic acids is 1. The molecule has 27 heteroatoms. The van der Waals surface area contributed by atoms with Crippen LogP contribution in [0, 0.1) is 11.8 Å². The van der Waals surface area contributed by atoms with Gasteiger partial charge in [0.15, 0.2) is 0 Å². The number of nitrogens with one attached hydrogen (secondary N) is 8. The molecule has 8 amide bonds. The summed E-state index contributed by atoms with van der Waals surface area (Å²) in [6, 6.07) is 19.8. The predicted octanol–water partition coefficient (Wildman–Crippen LogP) is 4.08. The molecule has 1 heterocycles. The van der Waals surface area contributed by atoms with E-state index in [1.54, 1.807) is 76.2 Å². The molecule has 5 aromatic carbocycles. The fourth-order valence-corrected chi connectivity index (χ4v) is 10.4. The van der Waals surface area contributed by atoms with Gasteiger partial charge in [0.05, 0.1) is 23.8 Å². The van der Waals surface area contributed by atoms with Crippen molar-refractivity contribution in [3.8, 4) is 5.75 Å². The fourth-order valence-electron chi connectivity index (χ4n) is 9.70. The van der Waals surface area contributed by atoms with E-state index in [0.29, 0.717) is 39.8 Å². The van der Waals surface area contributed by atoms with Crippen molar-refractivity contribution < 1.29 is 66.3 Å². The molecular weight excluding hydrogens is 1160 g/mol. The minimum absolute atomic E-state index is 0.0318. The number of azo groups is 1. The molecule has 0 aliphatic carbocycles. The van der Waals surface area contributed by atoms with Gasteiger partial charge in [-0.25, -0.2) is 0 Å². The third-order valence-electron chi connectivity index (χ3n) is 14.5. The monoisotopic (exact) mass is 1230 g/mol. The molecule has 1 saturated heterocycles. The minimum Gasteiger partial charge on any atom is -0.508 e. The van der Waals surface area contributed by atoms with Crippen molar-refractivity contribution >= 4 is 96.9 Å². The molecule has 0 unspecified atom stereocenters. The molecule has 0 saturated carbocycles. The van der Waals surface area contributed by atoms with Crippen LogP contribution in [0.4, 0.5) is 22.7 Å². The number of carbonyl (C=O) groups is 9. The molecule has 1 fully saturated rings. The first-order valence-corrected chi connectivity index (χ1v) is 30.0. The Morgan fingerprint density at radius 3 is 1.83 bits per heavy atom. The van der Waals surface area contributed by atoms with Crippen LogP contribution in [-0.2, 0) is 54.9 Å². The van der Waals surface area contributed by atoms with Crippen molar-refractivity contribution in [3.63, 3.8) is 0 Å².